The fraction of sp³-hybridized carbons (Fsp3) is 0.846. The van der Waals surface area contributed by atoms with E-state index in [1.807, 2.05) is 0 Å². The van der Waals surface area contributed by atoms with Crippen LogP contribution in [-0.2, 0) is 0 Å². The lowest BCUT2D eigenvalue weighted by Crippen LogP contribution is -2.28. The van der Waals surface area contributed by atoms with Crippen molar-refractivity contribution in [2.24, 2.45) is 11.8 Å². The maximum atomic E-state index is 3.62. The second-order valence-corrected chi connectivity index (χ2v) is 4.49. The Hall–Kier alpha value is -0.300. The van der Waals surface area contributed by atoms with Gasteiger partial charge in [0.1, 0.15) is 0 Å². The minimum absolute atomic E-state index is 0.883. The van der Waals surface area contributed by atoms with E-state index in [1.165, 1.54) is 45.2 Å². The van der Waals surface area contributed by atoms with Gasteiger partial charge in [0.05, 0.1) is 0 Å². The summed E-state index contributed by atoms with van der Waals surface area (Å²) in [5, 5.41) is 3.62. The van der Waals surface area contributed by atoms with Crippen molar-refractivity contribution in [3.05, 3.63) is 12.2 Å². The van der Waals surface area contributed by atoms with Crippen molar-refractivity contribution in [3.63, 3.8) is 0 Å². The van der Waals surface area contributed by atoms with Crippen molar-refractivity contribution < 1.29 is 0 Å². The average Bonchev–Trinajstić information content (AvgIpc) is 2.26. The molecule has 0 spiro atoms. The molecule has 0 aromatic rings. The highest BCUT2D eigenvalue weighted by Crippen LogP contribution is 2.17. The average molecular weight is 195 g/mol. The molecular formula is C13H25N. The number of rotatable bonds is 6. The van der Waals surface area contributed by atoms with Gasteiger partial charge in [0.2, 0.25) is 0 Å². The second kappa shape index (κ2) is 7.05. The SMILES string of the molecule is CCC(CC)CNCC1CC=CCC1. The summed E-state index contributed by atoms with van der Waals surface area (Å²) in [4.78, 5) is 0. The molecule has 0 saturated carbocycles. The van der Waals surface area contributed by atoms with Crippen molar-refractivity contribution in [2.75, 3.05) is 13.1 Å². The van der Waals surface area contributed by atoms with Gasteiger partial charge in [-0.3, -0.25) is 0 Å². The number of hydrogen-bond donors (Lipinski definition) is 1. The molecule has 1 nitrogen and oxygen atoms in total. The van der Waals surface area contributed by atoms with Gasteiger partial charge in [0.25, 0.3) is 0 Å². The number of allylic oxidation sites excluding steroid dienone is 2. The van der Waals surface area contributed by atoms with Crippen LogP contribution in [0.2, 0.25) is 0 Å². The Balaban J connectivity index is 2.05. The molecule has 0 fully saturated rings. The highest BCUT2D eigenvalue weighted by Gasteiger charge is 2.10. The summed E-state index contributed by atoms with van der Waals surface area (Å²) in [6.45, 7) is 7.02. The first-order valence-electron chi connectivity index (χ1n) is 6.22. The summed E-state index contributed by atoms with van der Waals surface area (Å²) in [5.74, 6) is 1.78. The summed E-state index contributed by atoms with van der Waals surface area (Å²) < 4.78 is 0. The standard InChI is InChI=1S/C13H25N/c1-3-12(4-2)10-14-11-13-8-6-5-7-9-13/h5-6,12-14H,3-4,7-11H2,1-2H3. The zero-order chi connectivity index (χ0) is 10.2. The van der Waals surface area contributed by atoms with Crippen molar-refractivity contribution in [1.29, 1.82) is 0 Å². The van der Waals surface area contributed by atoms with E-state index >= 15 is 0 Å². The fourth-order valence-corrected chi connectivity index (χ4v) is 2.11. The van der Waals surface area contributed by atoms with Crippen molar-refractivity contribution in [1.82, 2.24) is 5.32 Å². The largest absolute Gasteiger partial charge is 0.316 e. The van der Waals surface area contributed by atoms with Gasteiger partial charge in [-0.1, -0.05) is 38.8 Å². The quantitative estimate of drug-likeness (QED) is 0.641. The predicted octanol–water partition coefficient (Wildman–Crippen LogP) is 3.37. The summed E-state index contributed by atoms with van der Waals surface area (Å²) >= 11 is 0. The van der Waals surface area contributed by atoms with Crippen LogP contribution in [0.25, 0.3) is 0 Å². The van der Waals surface area contributed by atoms with Crippen LogP contribution in [0.5, 0.6) is 0 Å². The van der Waals surface area contributed by atoms with Gasteiger partial charge >= 0.3 is 0 Å². The molecule has 0 bridgehead atoms. The topological polar surface area (TPSA) is 12.0 Å². The van der Waals surface area contributed by atoms with Crippen LogP contribution >= 0.6 is 0 Å². The van der Waals surface area contributed by atoms with Crippen LogP contribution < -0.4 is 5.32 Å². The molecule has 0 saturated heterocycles. The molecule has 0 aromatic carbocycles. The Morgan fingerprint density at radius 1 is 1.29 bits per heavy atom. The monoisotopic (exact) mass is 195 g/mol. The lowest BCUT2D eigenvalue weighted by Gasteiger charge is -2.20. The molecule has 1 N–H and O–H groups in total. The van der Waals surface area contributed by atoms with E-state index in [0.717, 1.165) is 11.8 Å². The molecule has 0 amide bonds. The van der Waals surface area contributed by atoms with Gasteiger partial charge < -0.3 is 5.32 Å². The lowest BCUT2D eigenvalue weighted by atomic mass is 9.94. The zero-order valence-corrected chi connectivity index (χ0v) is 9.76. The Kier molecular flexibility index (Phi) is 5.93. The summed E-state index contributed by atoms with van der Waals surface area (Å²) in [7, 11) is 0. The maximum absolute atomic E-state index is 3.62. The molecule has 1 aliphatic rings. The summed E-state index contributed by atoms with van der Waals surface area (Å²) in [6, 6.07) is 0. The molecule has 82 valence electrons. The van der Waals surface area contributed by atoms with Crippen LogP contribution in [0.4, 0.5) is 0 Å². The maximum Gasteiger partial charge on any atom is -0.00173 e. The van der Waals surface area contributed by atoms with E-state index in [0.29, 0.717) is 0 Å². The first-order chi connectivity index (χ1) is 6.86. The van der Waals surface area contributed by atoms with E-state index < -0.39 is 0 Å². The van der Waals surface area contributed by atoms with Crippen molar-refractivity contribution >= 4 is 0 Å². The summed E-state index contributed by atoms with van der Waals surface area (Å²) in [5.41, 5.74) is 0. The van der Waals surface area contributed by atoms with Gasteiger partial charge in [-0.05, 0) is 44.2 Å². The van der Waals surface area contributed by atoms with E-state index in [-0.39, 0.29) is 0 Å². The molecule has 1 rings (SSSR count). The van der Waals surface area contributed by atoms with Crippen LogP contribution in [0, 0.1) is 11.8 Å². The molecule has 0 radical (unpaired) electrons. The van der Waals surface area contributed by atoms with Crippen molar-refractivity contribution in [3.8, 4) is 0 Å². The first kappa shape index (κ1) is 11.8. The van der Waals surface area contributed by atoms with Crippen LogP contribution in [0.3, 0.4) is 0 Å². The predicted molar refractivity (Wildman–Crippen MR) is 63.4 cm³/mol. The number of nitrogens with one attached hydrogen (secondary N) is 1. The van der Waals surface area contributed by atoms with E-state index in [9.17, 15) is 0 Å². The third-order valence-corrected chi connectivity index (χ3v) is 3.40. The van der Waals surface area contributed by atoms with Crippen LogP contribution in [0.15, 0.2) is 12.2 Å². The molecule has 0 aromatic heterocycles. The molecule has 1 atom stereocenters. The van der Waals surface area contributed by atoms with Crippen LogP contribution in [0.1, 0.15) is 46.0 Å². The van der Waals surface area contributed by atoms with Crippen LogP contribution in [-0.4, -0.2) is 13.1 Å². The lowest BCUT2D eigenvalue weighted by molar-refractivity contribution is 0.393. The fourth-order valence-electron chi connectivity index (χ4n) is 2.11. The molecule has 0 aliphatic heterocycles. The molecule has 0 heterocycles. The third kappa shape index (κ3) is 4.28. The third-order valence-electron chi connectivity index (χ3n) is 3.40. The summed E-state index contributed by atoms with van der Waals surface area (Å²) in [6.07, 6.45) is 11.2. The molecule has 14 heavy (non-hydrogen) atoms. The molecule has 1 aliphatic carbocycles. The minimum atomic E-state index is 0.883. The molecule has 1 heteroatoms. The minimum Gasteiger partial charge on any atom is -0.316 e. The van der Waals surface area contributed by atoms with Gasteiger partial charge in [-0.2, -0.15) is 0 Å². The smallest absolute Gasteiger partial charge is 0.00173 e. The zero-order valence-electron chi connectivity index (χ0n) is 9.76. The van der Waals surface area contributed by atoms with E-state index in [4.69, 9.17) is 0 Å². The normalized spacial score (nSPS) is 21.8. The van der Waals surface area contributed by atoms with E-state index in [1.54, 1.807) is 0 Å². The second-order valence-electron chi connectivity index (χ2n) is 4.49. The molecular weight excluding hydrogens is 170 g/mol. The van der Waals surface area contributed by atoms with Crippen molar-refractivity contribution in [2.45, 2.75) is 46.0 Å². The highest BCUT2D eigenvalue weighted by molar-refractivity contribution is 4.90. The van der Waals surface area contributed by atoms with Gasteiger partial charge in [-0.25, -0.2) is 0 Å². The Bertz CT molecular complexity index is 159. The Morgan fingerprint density at radius 3 is 2.64 bits per heavy atom. The number of hydrogen-bond acceptors (Lipinski definition) is 1. The van der Waals surface area contributed by atoms with Gasteiger partial charge in [0.15, 0.2) is 0 Å². The van der Waals surface area contributed by atoms with E-state index in [2.05, 4.69) is 31.3 Å². The van der Waals surface area contributed by atoms with Gasteiger partial charge in [0, 0.05) is 0 Å². The highest BCUT2D eigenvalue weighted by atomic mass is 14.9. The molecule has 1 unspecified atom stereocenters. The van der Waals surface area contributed by atoms with Gasteiger partial charge in [-0.15, -0.1) is 0 Å². The Morgan fingerprint density at radius 2 is 2.07 bits per heavy atom. The first-order valence-corrected chi connectivity index (χ1v) is 6.22. The Labute approximate surface area is 89.0 Å².